The average Bonchev–Trinajstić information content (AvgIpc) is 2.81. The van der Waals surface area contributed by atoms with E-state index in [9.17, 15) is 28.0 Å². The van der Waals surface area contributed by atoms with E-state index in [1.54, 1.807) is 0 Å². The number of aromatic nitrogens is 1. The number of carbonyl (C=O) groups is 4. The van der Waals surface area contributed by atoms with Gasteiger partial charge in [-0.2, -0.15) is 5.26 Å². The standard InChI is InChI=1S/C22H20ClF2N5O4/c1-22(24,25)6-5-17(18(31)21(34)27-2)30-20(33)15-8-14(23)3-4-16(15)29-19(32)13-7-12(9-26)10-28-11-13/h3-4,7-8,10-11,17H,5-6H2,1-2H3,(H,27,34)(H,29,32)(H,30,33)/t17-/m0/s1. The Hall–Kier alpha value is -3.91. The van der Waals surface area contributed by atoms with E-state index < -0.39 is 48.3 Å². The van der Waals surface area contributed by atoms with E-state index in [2.05, 4.69) is 20.9 Å². The summed E-state index contributed by atoms with van der Waals surface area (Å²) in [6, 6.07) is 5.52. The van der Waals surface area contributed by atoms with Crippen LogP contribution in [-0.4, -0.2) is 47.5 Å². The smallest absolute Gasteiger partial charge is 0.289 e. The van der Waals surface area contributed by atoms with Crippen LogP contribution >= 0.6 is 11.6 Å². The van der Waals surface area contributed by atoms with Crippen molar-refractivity contribution in [3.8, 4) is 6.07 Å². The summed E-state index contributed by atoms with van der Waals surface area (Å²) in [5.74, 6) is -6.91. The molecule has 0 spiro atoms. The summed E-state index contributed by atoms with van der Waals surface area (Å²) >= 11 is 5.98. The summed E-state index contributed by atoms with van der Waals surface area (Å²) in [7, 11) is 1.19. The highest BCUT2D eigenvalue weighted by molar-refractivity contribution is 6.38. The van der Waals surface area contributed by atoms with Crippen molar-refractivity contribution in [2.45, 2.75) is 31.7 Å². The first-order valence-corrected chi connectivity index (χ1v) is 10.2. The van der Waals surface area contributed by atoms with E-state index >= 15 is 0 Å². The van der Waals surface area contributed by atoms with Gasteiger partial charge >= 0.3 is 0 Å². The topological polar surface area (TPSA) is 141 Å². The number of hydrogen-bond acceptors (Lipinski definition) is 6. The Morgan fingerprint density at radius 3 is 2.50 bits per heavy atom. The highest BCUT2D eigenvalue weighted by atomic mass is 35.5. The third-order valence-corrected chi connectivity index (χ3v) is 4.78. The lowest BCUT2D eigenvalue weighted by Gasteiger charge is -2.20. The van der Waals surface area contributed by atoms with Crippen molar-refractivity contribution in [3.63, 3.8) is 0 Å². The Morgan fingerprint density at radius 1 is 1.18 bits per heavy atom. The molecule has 3 amide bonds. The molecular weight excluding hydrogens is 472 g/mol. The Bertz CT molecular complexity index is 1160. The molecule has 3 N–H and O–H groups in total. The molecule has 1 heterocycles. The molecule has 0 aliphatic carbocycles. The maximum absolute atomic E-state index is 13.4. The first-order chi connectivity index (χ1) is 15.9. The number of ketones is 1. The lowest BCUT2D eigenvalue weighted by atomic mass is 10.0. The lowest BCUT2D eigenvalue weighted by molar-refractivity contribution is -0.139. The second-order valence-corrected chi connectivity index (χ2v) is 7.73. The monoisotopic (exact) mass is 491 g/mol. The molecule has 1 aromatic heterocycles. The molecule has 0 fully saturated rings. The first kappa shape index (κ1) is 26.3. The first-order valence-electron chi connectivity index (χ1n) is 9.86. The molecule has 2 aromatic rings. The number of amides is 3. The minimum atomic E-state index is -3.13. The van der Waals surface area contributed by atoms with Crippen LogP contribution in [0.3, 0.4) is 0 Å². The SMILES string of the molecule is CNC(=O)C(=O)[C@H](CCC(C)(F)F)NC(=O)c1cc(Cl)ccc1NC(=O)c1cncc(C#N)c1. The van der Waals surface area contributed by atoms with Crippen LogP contribution in [0.2, 0.25) is 5.02 Å². The molecule has 12 heteroatoms. The molecule has 0 saturated heterocycles. The Morgan fingerprint density at radius 2 is 1.88 bits per heavy atom. The molecule has 34 heavy (non-hydrogen) atoms. The number of alkyl halides is 2. The quantitative estimate of drug-likeness (QED) is 0.460. The third-order valence-electron chi connectivity index (χ3n) is 4.55. The number of carbonyl (C=O) groups excluding carboxylic acids is 4. The second-order valence-electron chi connectivity index (χ2n) is 7.30. The second kappa shape index (κ2) is 11.3. The van der Waals surface area contributed by atoms with Gasteiger partial charge in [0.2, 0.25) is 11.7 Å². The molecule has 0 bridgehead atoms. The van der Waals surface area contributed by atoms with Gasteiger partial charge in [0.15, 0.2) is 0 Å². The molecule has 0 aliphatic rings. The van der Waals surface area contributed by atoms with E-state index in [1.165, 1.54) is 43.7 Å². The maximum atomic E-state index is 13.4. The van der Waals surface area contributed by atoms with Crippen molar-refractivity contribution in [1.29, 1.82) is 5.26 Å². The highest BCUT2D eigenvalue weighted by Crippen LogP contribution is 2.23. The fraction of sp³-hybridized carbons (Fsp3) is 0.273. The minimum absolute atomic E-state index is 0.0128. The molecule has 178 valence electrons. The van der Waals surface area contributed by atoms with Crippen LogP contribution in [0.1, 0.15) is 46.0 Å². The molecule has 0 radical (unpaired) electrons. The van der Waals surface area contributed by atoms with Crippen LogP contribution in [-0.2, 0) is 9.59 Å². The Labute approximate surface area is 198 Å². The molecule has 9 nitrogen and oxygen atoms in total. The Kier molecular flexibility index (Phi) is 8.75. The van der Waals surface area contributed by atoms with Gasteiger partial charge in [-0.05, 0) is 37.6 Å². The number of hydrogen-bond donors (Lipinski definition) is 3. The zero-order chi connectivity index (χ0) is 25.5. The van der Waals surface area contributed by atoms with Gasteiger partial charge in [0, 0.05) is 30.9 Å². The van der Waals surface area contributed by atoms with Crippen molar-refractivity contribution in [2.75, 3.05) is 12.4 Å². The third kappa shape index (κ3) is 7.31. The highest BCUT2D eigenvalue weighted by Gasteiger charge is 2.31. The van der Waals surface area contributed by atoms with Gasteiger partial charge in [0.25, 0.3) is 17.7 Å². The van der Waals surface area contributed by atoms with Crippen LogP contribution in [0, 0.1) is 11.3 Å². The van der Waals surface area contributed by atoms with Crippen molar-refractivity contribution in [1.82, 2.24) is 15.6 Å². The fourth-order valence-electron chi connectivity index (χ4n) is 2.82. The summed E-state index contributed by atoms with van der Waals surface area (Å²) in [6.45, 7) is 0.650. The van der Waals surface area contributed by atoms with Crippen LogP contribution in [0.15, 0.2) is 36.7 Å². The van der Waals surface area contributed by atoms with Gasteiger partial charge in [-0.3, -0.25) is 24.2 Å². The number of rotatable bonds is 9. The summed E-state index contributed by atoms with van der Waals surface area (Å²) in [5.41, 5.74) is -0.00681. The number of nitrogens with one attached hydrogen (secondary N) is 3. The predicted octanol–water partition coefficient (Wildman–Crippen LogP) is 2.71. The summed E-state index contributed by atoms with van der Waals surface area (Å²) in [4.78, 5) is 53.4. The molecule has 1 aromatic carbocycles. The van der Waals surface area contributed by atoms with Crippen molar-refractivity contribution < 1.29 is 28.0 Å². The number of nitriles is 1. The van der Waals surface area contributed by atoms with E-state index in [1.807, 2.05) is 6.07 Å². The van der Waals surface area contributed by atoms with E-state index in [-0.39, 0.29) is 27.4 Å². The fourth-order valence-corrected chi connectivity index (χ4v) is 2.99. The zero-order valence-electron chi connectivity index (χ0n) is 18.1. The predicted molar refractivity (Wildman–Crippen MR) is 119 cm³/mol. The van der Waals surface area contributed by atoms with Crippen LogP contribution < -0.4 is 16.0 Å². The number of pyridine rings is 1. The van der Waals surface area contributed by atoms with E-state index in [4.69, 9.17) is 16.9 Å². The number of anilines is 1. The Balaban J connectivity index is 2.31. The zero-order valence-corrected chi connectivity index (χ0v) is 18.9. The van der Waals surface area contributed by atoms with Gasteiger partial charge in [-0.25, -0.2) is 8.78 Å². The molecule has 0 unspecified atom stereocenters. The molecule has 1 atom stereocenters. The van der Waals surface area contributed by atoms with Gasteiger partial charge in [0.05, 0.1) is 28.4 Å². The van der Waals surface area contributed by atoms with Gasteiger partial charge in [0.1, 0.15) is 6.07 Å². The maximum Gasteiger partial charge on any atom is 0.289 e. The van der Waals surface area contributed by atoms with Crippen LogP contribution in [0.5, 0.6) is 0 Å². The number of likely N-dealkylation sites (N-methyl/N-ethyl adjacent to an activating group) is 1. The van der Waals surface area contributed by atoms with Crippen molar-refractivity contribution in [2.24, 2.45) is 0 Å². The number of Topliss-reactive ketones (excluding diaryl/α,β-unsaturated/α-hetero) is 1. The van der Waals surface area contributed by atoms with Gasteiger partial charge in [-0.15, -0.1) is 0 Å². The lowest BCUT2D eigenvalue weighted by Crippen LogP contribution is -2.47. The van der Waals surface area contributed by atoms with E-state index in [0.717, 1.165) is 0 Å². The van der Waals surface area contributed by atoms with Gasteiger partial charge in [-0.1, -0.05) is 11.6 Å². The summed E-state index contributed by atoms with van der Waals surface area (Å²) in [5, 5.41) is 15.9. The molecule has 0 aliphatic heterocycles. The molecular formula is C22H20ClF2N5O4. The van der Waals surface area contributed by atoms with E-state index in [0.29, 0.717) is 6.92 Å². The molecule has 0 saturated carbocycles. The van der Waals surface area contributed by atoms with Crippen molar-refractivity contribution >= 4 is 40.8 Å². The largest absolute Gasteiger partial charge is 0.353 e. The number of benzene rings is 1. The van der Waals surface area contributed by atoms with Crippen LogP contribution in [0.25, 0.3) is 0 Å². The normalized spacial score (nSPS) is 11.6. The average molecular weight is 492 g/mol. The van der Waals surface area contributed by atoms with Gasteiger partial charge < -0.3 is 16.0 Å². The summed E-state index contributed by atoms with van der Waals surface area (Å²) in [6.07, 6.45) is 1.22. The summed E-state index contributed by atoms with van der Waals surface area (Å²) < 4.78 is 26.7. The minimum Gasteiger partial charge on any atom is -0.353 e. The number of nitrogens with zero attached hydrogens (tertiary/aromatic N) is 2. The molecule has 2 rings (SSSR count). The van der Waals surface area contributed by atoms with Crippen LogP contribution in [0.4, 0.5) is 14.5 Å². The van der Waals surface area contributed by atoms with Crippen molar-refractivity contribution in [3.05, 3.63) is 58.4 Å². The number of halogens is 3.